The molecule has 3 amide bonds. The second-order valence-corrected chi connectivity index (χ2v) is 7.15. The number of thiol groups is 1. The molecule has 0 aliphatic carbocycles. The molecule has 5 N–H and O–H groups in total. The van der Waals surface area contributed by atoms with Gasteiger partial charge in [-0.1, -0.05) is 13.8 Å². The van der Waals surface area contributed by atoms with Crippen LogP contribution in [-0.4, -0.2) is 70.7 Å². The molecule has 3 atom stereocenters. The van der Waals surface area contributed by atoms with Crippen molar-refractivity contribution in [1.29, 1.82) is 0 Å². The first-order valence-electron chi connectivity index (χ1n) is 8.64. The highest BCUT2D eigenvalue weighted by Crippen LogP contribution is 2.18. The van der Waals surface area contributed by atoms with Gasteiger partial charge < -0.3 is 26.4 Å². The Labute approximate surface area is 158 Å². The van der Waals surface area contributed by atoms with E-state index in [0.29, 0.717) is 25.8 Å². The molecule has 9 nitrogen and oxygen atoms in total. The van der Waals surface area contributed by atoms with Gasteiger partial charge in [0.2, 0.25) is 17.7 Å². The van der Waals surface area contributed by atoms with Crippen LogP contribution in [0.3, 0.4) is 0 Å². The first-order valence-corrected chi connectivity index (χ1v) is 9.27. The molecule has 1 heterocycles. The minimum Gasteiger partial charge on any atom is -0.480 e. The van der Waals surface area contributed by atoms with E-state index in [9.17, 15) is 19.2 Å². The van der Waals surface area contributed by atoms with E-state index in [-0.39, 0.29) is 24.1 Å². The van der Waals surface area contributed by atoms with E-state index in [1.165, 1.54) is 4.90 Å². The zero-order chi connectivity index (χ0) is 19.9. The number of hydrogen-bond donors (Lipinski definition) is 5. The third kappa shape index (κ3) is 6.49. The SMILES string of the molecule is CC(C)CC(NC(=O)CNC(=O)C1CCCN1C(=O)C(N)CS)C(=O)O. The Morgan fingerprint density at radius 1 is 1.31 bits per heavy atom. The van der Waals surface area contributed by atoms with Crippen LogP contribution in [0.15, 0.2) is 0 Å². The van der Waals surface area contributed by atoms with Crippen molar-refractivity contribution in [3.8, 4) is 0 Å². The van der Waals surface area contributed by atoms with E-state index >= 15 is 0 Å². The Hall–Kier alpha value is -1.81. The van der Waals surface area contributed by atoms with Crippen LogP contribution in [-0.2, 0) is 19.2 Å². The maximum atomic E-state index is 12.3. The number of carbonyl (C=O) groups excluding carboxylic acids is 3. The van der Waals surface area contributed by atoms with Crippen molar-refractivity contribution in [2.75, 3.05) is 18.8 Å². The average molecular weight is 388 g/mol. The number of carboxylic acids is 1. The maximum Gasteiger partial charge on any atom is 0.326 e. The van der Waals surface area contributed by atoms with Gasteiger partial charge in [0.1, 0.15) is 12.1 Å². The molecule has 0 radical (unpaired) electrons. The molecule has 1 aliphatic rings. The van der Waals surface area contributed by atoms with Crippen LogP contribution < -0.4 is 16.4 Å². The lowest BCUT2D eigenvalue weighted by Crippen LogP contribution is -2.53. The van der Waals surface area contributed by atoms with Gasteiger partial charge in [-0.05, 0) is 25.2 Å². The van der Waals surface area contributed by atoms with Gasteiger partial charge in [0.25, 0.3) is 0 Å². The number of amides is 3. The summed E-state index contributed by atoms with van der Waals surface area (Å²) in [7, 11) is 0. The Bertz CT molecular complexity index is 543. The number of aliphatic carboxylic acids is 1. The van der Waals surface area contributed by atoms with Crippen molar-refractivity contribution in [3.63, 3.8) is 0 Å². The first-order chi connectivity index (χ1) is 12.2. The smallest absolute Gasteiger partial charge is 0.326 e. The summed E-state index contributed by atoms with van der Waals surface area (Å²) in [6.07, 6.45) is 1.45. The molecule has 0 spiro atoms. The Morgan fingerprint density at radius 2 is 1.96 bits per heavy atom. The number of rotatable bonds is 9. The lowest BCUT2D eigenvalue weighted by molar-refractivity contribution is -0.142. The minimum atomic E-state index is -1.12. The Kier molecular flexibility index (Phi) is 8.86. The maximum absolute atomic E-state index is 12.3. The van der Waals surface area contributed by atoms with Gasteiger partial charge in [-0.25, -0.2) is 4.79 Å². The lowest BCUT2D eigenvalue weighted by Gasteiger charge is -2.26. The fraction of sp³-hybridized carbons (Fsp3) is 0.750. The molecule has 10 heteroatoms. The molecule has 1 rings (SSSR count). The van der Waals surface area contributed by atoms with Gasteiger partial charge in [-0.15, -0.1) is 0 Å². The first kappa shape index (κ1) is 22.2. The summed E-state index contributed by atoms with van der Waals surface area (Å²) < 4.78 is 0. The summed E-state index contributed by atoms with van der Waals surface area (Å²) in [6.45, 7) is 3.79. The normalized spacial score (nSPS) is 19.1. The van der Waals surface area contributed by atoms with Gasteiger partial charge in [-0.3, -0.25) is 14.4 Å². The van der Waals surface area contributed by atoms with Crippen LogP contribution >= 0.6 is 12.6 Å². The fourth-order valence-electron chi connectivity index (χ4n) is 2.82. The van der Waals surface area contributed by atoms with Crippen molar-refractivity contribution in [2.24, 2.45) is 11.7 Å². The van der Waals surface area contributed by atoms with Gasteiger partial charge in [0.15, 0.2) is 0 Å². The molecule has 3 unspecified atom stereocenters. The molecule has 26 heavy (non-hydrogen) atoms. The molecule has 1 saturated heterocycles. The second-order valence-electron chi connectivity index (χ2n) is 6.78. The predicted molar refractivity (Wildman–Crippen MR) is 98.6 cm³/mol. The second kappa shape index (κ2) is 10.4. The topological polar surface area (TPSA) is 142 Å². The van der Waals surface area contributed by atoms with Crippen LogP contribution in [0, 0.1) is 5.92 Å². The molecule has 0 aromatic carbocycles. The molecule has 1 aliphatic heterocycles. The number of nitrogens with two attached hydrogens (primary N) is 1. The van der Waals surface area contributed by atoms with Crippen LogP contribution in [0.1, 0.15) is 33.1 Å². The summed E-state index contributed by atoms with van der Waals surface area (Å²) in [5.41, 5.74) is 5.68. The number of likely N-dealkylation sites (tertiary alicyclic amines) is 1. The van der Waals surface area contributed by atoms with E-state index in [1.807, 2.05) is 13.8 Å². The molecule has 148 valence electrons. The minimum absolute atomic E-state index is 0.0973. The zero-order valence-corrected chi connectivity index (χ0v) is 16.0. The molecule has 0 aromatic rings. The van der Waals surface area contributed by atoms with E-state index in [1.54, 1.807) is 0 Å². The highest BCUT2D eigenvalue weighted by Gasteiger charge is 2.35. The summed E-state index contributed by atoms with van der Waals surface area (Å²) in [5.74, 6) is -2.22. The monoisotopic (exact) mass is 388 g/mol. The van der Waals surface area contributed by atoms with Gasteiger partial charge >= 0.3 is 5.97 Å². The van der Waals surface area contributed by atoms with Crippen molar-refractivity contribution in [3.05, 3.63) is 0 Å². The standard InChI is InChI=1S/C16H28N4O5S/c1-9(2)6-11(16(24)25)19-13(21)7-18-14(22)12-4-3-5-20(12)15(23)10(17)8-26/h9-12,26H,3-8,17H2,1-2H3,(H,18,22)(H,19,21)(H,24,25). The largest absolute Gasteiger partial charge is 0.480 e. The third-order valence-corrected chi connectivity index (χ3v) is 4.51. The molecular formula is C16H28N4O5S. The van der Waals surface area contributed by atoms with Crippen LogP contribution in [0.2, 0.25) is 0 Å². The molecule has 0 saturated carbocycles. The summed E-state index contributed by atoms with van der Waals surface area (Å²) in [4.78, 5) is 49.0. The molecule has 1 fully saturated rings. The zero-order valence-electron chi connectivity index (χ0n) is 15.1. The van der Waals surface area contributed by atoms with Gasteiger partial charge in [0.05, 0.1) is 12.6 Å². The lowest BCUT2D eigenvalue weighted by atomic mass is 10.0. The molecule has 0 aromatic heterocycles. The van der Waals surface area contributed by atoms with Crippen molar-refractivity contribution in [1.82, 2.24) is 15.5 Å². The van der Waals surface area contributed by atoms with Crippen molar-refractivity contribution >= 4 is 36.3 Å². The number of hydrogen-bond acceptors (Lipinski definition) is 6. The van der Waals surface area contributed by atoms with E-state index in [4.69, 9.17) is 10.8 Å². The summed E-state index contributed by atoms with van der Waals surface area (Å²) >= 11 is 3.99. The van der Waals surface area contributed by atoms with Gasteiger partial charge in [-0.2, -0.15) is 12.6 Å². The van der Waals surface area contributed by atoms with E-state index in [0.717, 1.165) is 0 Å². The van der Waals surface area contributed by atoms with Crippen molar-refractivity contribution in [2.45, 2.75) is 51.2 Å². The summed E-state index contributed by atoms with van der Waals surface area (Å²) in [6, 6.07) is -2.45. The fourth-order valence-corrected chi connectivity index (χ4v) is 2.97. The predicted octanol–water partition coefficient (Wildman–Crippen LogP) is -1.03. The average Bonchev–Trinajstić information content (AvgIpc) is 3.06. The van der Waals surface area contributed by atoms with E-state index in [2.05, 4.69) is 23.3 Å². The third-order valence-electron chi connectivity index (χ3n) is 4.12. The van der Waals surface area contributed by atoms with Crippen LogP contribution in [0.5, 0.6) is 0 Å². The molecule has 0 bridgehead atoms. The highest BCUT2D eigenvalue weighted by molar-refractivity contribution is 7.80. The Morgan fingerprint density at radius 3 is 2.50 bits per heavy atom. The Balaban J connectivity index is 2.55. The van der Waals surface area contributed by atoms with E-state index < -0.39 is 35.9 Å². The number of nitrogens with one attached hydrogen (secondary N) is 2. The van der Waals surface area contributed by atoms with Crippen LogP contribution in [0.4, 0.5) is 0 Å². The summed E-state index contributed by atoms with van der Waals surface area (Å²) in [5, 5.41) is 14.0. The van der Waals surface area contributed by atoms with Gasteiger partial charge in [0, 0.05) is 12.3 Å². The van der Waals surface area contributed by atoms with Crippen LogP contribution in [0.25, 0.3) is 0 Å². The number of nitrogens with zero attached hydrogens (tertiary/aromatic N) is 1. The quantitative estimate of drug-likeness (QED) is 0.320. The number of carboxylic acid groups (broad SMARTS) is 1. The highest BCUT2D eigenvalue weighted by atomic mass is 32.1. The van der Waals surface area contributed by atoms with Crippen molar-refractivity contribution < 1.29 is 24.3 Å². The number of carbonyl (C=O) groups is 4. The molecular weight excluding hydrogens is 360 g/mol.